The van der Waals surface area contributed by atoms with Crippen LogP contribution in [0.2, 0.25) is 0 Å². The summed E-state index contributed by atoms with van der Waals surface area (Å²) < 4.78 is 59.5. The van der Waals surface area contributed by atoms with Crippen molar-refractivity contribution in [1.29, 1.82) is 0 Å². The first-order valence-corrected chi connectivity index (χ1v) is 16.6. The van der Waals surface area contributed by atoms with Crippen LogP contribution in [-0.4, -0.2) is 160 Å². The highest BCUT2D eigenvalue weighted by Gasteiger charge is 2.60. The van der Waals surface area contributed by atoms with Crippen LogP contribution in [0.25, 0.3) is 12.2 Å². The molecule has 0 radical (unpaired) electrons. The van der Waals surface area contributed by atoms with Gasteiger partial charge in [0.25, 0.3) is 0 Å². The van der Waals surface area contributed by atoms with E-state index in [-0.39, 0.29) is 0 Å². The number of esters is 2. The molecule has 2 heterocycles. The zero-order chi connectivity index (χ0) is 40.4. The number of carbonyl (C=O) groups excluding carboxylic acids is 2. The fraction of sp³-hybridized carbons (Fsp3) is 0.500. The fourth-order valence-electron chi connectivity index (χ4n) is 5.86. The molecule has 0 aliphatic carbocycles. The van der Waals surface area contributed by atoms with E-state index in [1.165, 1.54) is 54.8 Å². The second-order valence-corrected chi connectivity index (χ2v) is 12.0. The monoisotopic (exact) mass is 782 g/mol. The summed E-state index contributed by atoms with van der Waals surface area (Å²) in [7, 11) is 8.54. The van der Waals surface area contributed by atoms with Crippen molar-refractivity contribution in [2.45, 2.75) is 54.8 Å². The average molecular weight is 783 g/mol. The Morgan fingerprint density at radius 2 is 1.16 bits per heavy atom. The fourth-order valence-corrected chi connectivity index (χ4v) is 5.86. The summed E-state index contributed by atoms with van der Waals surface area (Å²) in [4.78, 5) is 25.7. The van der Waals surface area contributed by atoms with Crippen molar-refractivity contribution in [3.05, 3.63) is 47.5 Å². The number of ether oxygens (including phenoxy) is 11. The van der Waals surface area contributed by atoms with Gasteiger partial charge in [-0.1, -0.05) is 0 Å². The zero-order valence-corrected chi connectivity index (χ0v) is 30.8. The van der Waals surface area contributed by atoms with Gasteiger partial charge in [0, 0.05) is 12.2 Å². The van der Waals surface area contributed by atoms with Gasteiger partial charge in [0.15, 0.2) is 35.4 Å². The molecule has 0 bridgehead atoms. The first kappa shape index (κ1) is 43.0. The van der Waals surface area contributed by atoms with Crippen LogP contribution in [-0.2, 0) is 33.3 Å². The third-order valence-corrected chi connectivity index (χ3v) is 8.69. The Morgan fingerprint density at radius 1 is 0.673 bits per heavy atom. The van der Waals surface area contributed by atoms with Crippen molar-refractivity contribution in [2.75, 3.05) is 62.5 Å². The van der Waals surface area contributed by atoms with Crippen molar-refractivity contribution >= 4 is 24.1 Å². The zero-order valence-electron chi connectivity index (χ0n) is 30.8. The maximum atomic E-state index is 13.0. The second-order valence-electron chi connectivity index (χ2n) is 12.0. The normalized spacial score (nSPS) is 27.9. The van der Waals surface area contributed by atoms with Crippen LogP contribution in [0.5, 0.6) is 34.5 Å². The number of hydrogen-bond acceptors (Lipinski definition) is 19. The lowest BCUT2D eigenvalue weighted by Crippen LogP contribution is -2.63. The van der Waals surface area contributed by atoms with Crippen molar-refractivity contribution in [3.63, 3.8) is 0 Å². The Kier molecular flexibility index (Phi) is 15.1. The summed E-state index contributed by atoms with van der Waals surface area (Å²) in [6.45, 7) is -2.62. The molecule has 0 saturated carbocycles. The van der Waals surface area contributed by atoms with Crippen molar-refractivity contribution in [2.24, 2.45) is 0 Å². The molecule has 2 saturated heterocycles. The molecule has 2 aromatic carbocycles. The third-order valence-electron chi connectivity index (χ3n) is 8.69. The predicted octanol–water partition coefficient (Wildman–Crippen LogP) is -0.815. The van der Waals surface area contributed by atoms with Gasteiger partial charge in [-0.05, 0) is 47.5 Å². The highest BCUT2D eigenvalue weighted by atomic mass is 16.8. The molecule has 4 rings (SSSR count). The maximum Gasteiger partial charge on any atom is 0.331 e. The van der Waals surface area contributed by atoms with Crippen molar-refractivity contribution < 1.29 is 92.3 Å². The number of benzene rings is 2. The molecular formula is C36H46O19. The number of aliphatic hydroxyl groups is 6. The summed E-state index contributed by atoms with van der Waals surface area (Å²) in [5.41, 5.74) is 0.899. The number of hydrogen-bond donors (Lipinski definition) is 6. The minimum Gasteiger partial charge on any atom is -0.493 e. The molecule has 9 atom stereocenters. The van der Waals surface area contributed by atoms with E-state index in [1.54, 1.807) is 24.3 Å². The SMILES string of the molecule is COc1cc(/C=C/C(=O)OC[C@H]2O[C@H](O[C@]3(CO)O[C@H](CO)[C@@H](O)[C@@H]3OC(=O)/C=C/c3cc(OC)c(OC)c(OC)c3)[C@H](O)[C@H](O)[C@@H]2O)cc(OC)c1OC. The van der Waals surface area contributed by atoms with Crippen LogP contribution < -0.4 is 28.4 Å². The third kappa shape index (κ3) is 9.58. The predicted molar refractivity (Wildman–Crippen MR) is 187 cm³/mol. The van der Waals surface area contributed by atoms with Gasteiger partial charge in [0.1, 0.15) is 49.8 Å². The van der Waals surface area contributed by atoms with Gasteiger partial charge >= 0.3 is 11.9 Å². The van der Waals surface area contributed by atoms with Gasteiger partial charge in [0.2, 0.25) is 17.3 Å². The van der Waals surface area contributed by atoms with Crippen LogP contribution in [0.1, 0.15) is 11.1 Å². The molecule has 0 amide bonds. The summed E-state index contributed by atoms with van der Waals surface area (Å²) in [6, 6.07) is 6.25. The minimum absolute atomic E-state index is 0.298. The molecular weight excluding hydrogens is 736 g/mol. The van der Waals surface area contributed by atoms with Crippen molar-refractivity contribution in [3.8, 4) is 34.5 Å². The average Bonchev–Trinajstić information content (AvgIpc) is 3.46. The van der Waals surface area contributed by atoms with Crippen LogP contribution >= 0.6 is 0 Å². The van der Waals surface area contributed by atoms with Gasteiger partial charge in [-0.25, -0.2) is 9.59 Å². The number of aliphatic hydroxyl groups excluding tert-OH is 6. The minimum atomic E-state index is -2.49. The molecule has 19 nitrogen and oxygen atoms in total. The van der Waals surface area contributed by atoms with E-state index in [4.69, 9.17) is 52.1 Å². The van der Waals surface area contributed by atoms with Gasteiger partial charge in [-0.15, -0.1) is 0 Å². The number of methoxy groups -OCH3 is 6. The molecule has 6 N–H and O–H groups in total. The largest absolute Gasteiger partial charge is 0.493 e. The molecule has 0 spiro atoms. The first-order valence-electron chi connectivity index (χ1n) is 16.6. The highest BCUT2D eigenvalue weighted by molar-refractivity contribution is 5.88. The Balaban J connectivity index is 1.49. The van der Waals surface area contributed by atoms with E-state index < -0.39 is 86.6 Å². The Morgan fingerprint density at radius 3 is 1.60 bits per heavy atom. The smallest absolute Gasteiger partial charge is 0.331 e. The summed E-state index contributed by atoms with van der Waals surface area (Å²) in [5, 5.41) is 63.4. The van der Waals surface area contributed by atoms with Gasteiger partial charge in [-0.3, -0.25) is 0 Å². The Labute approximate surface area is 315 Å². The Hall–Kier alpha value is -4.70. The van der Waals surface area contributed by atoms with Crippen LogP contribution in [0, 0.1) is 0 Å². The van der Waals surface area contributed by atoms with E-state index in [9.17, 15) is 40.2 Å². The molecule has 2 aliphatic rings. The molecule has 304 valence electrons. The molecule has 55 heavy (non-hydrogen) atoms. The molecule has 0 unspecified atom stereocenters. The van der Waals surface area contributed by atoms with E-state index in [1.807, 2.05) is 0 Å². The topological polar surface area (TPSA) is 257 Å². The molecule has 2 aliphatic heterocycles. The van der Waals surface area contributed by atoms with Crippen LogP contribution in [0.4, 0.5) is 0 Å². The maximum absolute atomic E-state index is 13.0. The summed E-state index contributed by atoms with van der Waals surface area (Å²) in [5.74, 6) is -2.53. The molecule has 0 aromatic heterocycles. The number of rotatable bonds is 17. The van der Waals surface area contributed by atoms with E-state index in [0.717, 1.165) is 12.2 Å². The second kappa shape index (κ2) is 19.2. The van der Waals surface area contributed by atoms with Crippen LogP contribution in [0.15, 0.2) is 36.4 Å². The van der Waals surface area contributed by atoms with Crippen molar-refractivity contribution in [1.82, 2.24) is 0 Å². The summed E-state index contributed by atoms with van der Waals surface area (Å²) in [6.07, 6.45) is -9.53. The first-order chi connectivity index (χ1) is 26.3. The van der Waals surface area contributed by atoms with Gasteiger partial charge < -0.3 is 82.7 Å². The van der Waals surface area contributed by atoms with E-state index >= 15 is 0 Å². The van der Waals surface area contributed by atoms with Gasteiger partial charge in [0.05, 0.1) is 49.3 Å². The molecule has 2 fully saturated rings. The lowest BCUT2D eigenvalue weighted by atomic mass is 9.98. The van der Waals surface area contributed by atoms with E-state index in [2.05, 4.69) is 0 Å². The van der Waals surface area contributed by atoms with Gasteiger partial charge in [-0.2, -0.15) is 0 Å². The summed E-state index contributed by atoms with van der Waals surface area (Å²) >= 11 is 0. The highest BCUT2D eigenvalue weighted by Crippen LogP contribution is 2.41. The number of carbonyl (C=O) groups is 2. The quantitative estimate of drug-likeness (QED) is 0.0847. The standard InChI is InChI=1S/C36H46O19/c1-45-20-11-18(12-21(46-2)32(20)49-5)7-9-26(39)51-16-25-28(41)30(43)31(44)35(52-25)55-36(17-38)34(29(42)24(15-37)54-36)53-27(40)10-8-19-13-22(47-3)33(50-6)23(14-19)48-4/h7-14,24-25,28-31,34-35,37-38,41-44H,15-17H2,1-6H3/b9-7+,10-8+/t24-,25-,28-,29-,30-,31-,34+,35-,36+/m1/s1. The lowest BCUT2D eigenvalue weighted by molar-refractivity contribution is -0.383. The van der Waals surface area contributed by atoms with Crippen LogP contribution in [0.3, 0.4) is 0 Å². The van der Waals surface area contributed by atoms with E-state index in [0.29, 0.717) is 45.6 Å². The Bertz CT molecular complexity index is 1630. The lowest BCUT2D eigenvalue weighted by Gasteiger charge is -2.43. The molecule has 2 aromatic rings. The molecule has 19 heteroatoms.